The number of rotatable bonds is 11. The maximum atomic E-state index is 3.94. The summed E-state index contributed by atoms with van der Waals surface area (Å²) in [5.74, 6) is 0.851. The van der Waals surface area contributed by atoms with Crippen LogP contribution >= 0.6 is 0 Å². The van der Waals surface area contributed by atoms with Gasteiger partial charge in [-0.3, -0.25) is 0 Å². The van der Waals surface area contributed by atoms with Gasteiger partial charge in [-0.15, -0.1) is 10.2 Å². The highest BCUT2D eigenvalue weighted by atomic mass is 15.5. The summed E-state index contributed by atoms with van der Waals surface area (Å²) in [4.78, 5) is 0. The Hall–Kier alpha value is -0.930. The molecule has 0 amide bonds. The predicted octanol–water partition coefficient (Wildman–Crippen LogP) is 3.66. The lowest BCUT2D eigenvalue weighted by Gasteiger charge is -2.01. The molecule has 0 spiro atoms. The van der Waals surface area contributed by atoms with E-state index in [1.54, 1.807) is 0 Å². The van der Waals surface area contributed by atoms with Gasteiger partial charge in [-0.2, -0.15) is 5.21 Å². The van der Waals surface area contributed by atoms with Gasteiger partial charge >= 0.3 is 0 Å². The summed E-state index contributed by atoms with van der Waals surface area (Å²) >= 11 is 0. The SMILES string of the molecule is CCCCCCCCCCCCc1nn[nH]n1. The molecule has 1 rings (SSSR count). The third-order valence-corrected chi connectivity index (χ3v) is 3.14. The number of unbranched alkanes of at least 4 members (excludes halogenated alkanes) is 9. The van der Waals surface area contributed by atoms with E-state index in [1.807, 2.05) is 0 Å². The van der Waals surface area contributed by atoms with Crippen molar-refractivity contribution in [1.29, 1.82) is 0 Å². The molecule has 0 saturated heterocycles. The molecule has 0 aliphatic rings. The Labute approximate surface area is 105 Å². The molecule has 0 unspecified atom stereocenters. The monoisotopic (exact) mass is 238 g/mol. The van der Waals surface area contributed by atoms with Crippen LogP contribution in [0.15, 0.2) is 0 Å². The third-order valence-electron chi connectivity index (χ3n) is 3.14. The Morgan fingerprint density at radius 1 is 0.824 bits per heavy atom. The van der Waals surface area contributed by atoms with Gasteiger partial charge in [-0.1, -0.05) is 69.9 Å². The summed E-state index contributed by atoms with van der Waals surface area (Å²) in [5, 5.41) is 13.9. The number of aromatic amines is 1. The fourth-order valence-corrected chi connectivity index (χ4v) is 2.06. The number of tetrazole rings is 1. The molecule has 0 atom stereocenters. The zero-order chi connectivity index (χ0) is 12.2. The van der Waals surface area contributed by atoms with Crippen molar-refractivity contribution in [3.63, 3.8) is 0 Å². The lowest BCUT2D eigenvalue weighted by atomic mass is 10.1. The second-order valence-corrected chi connectivity index (χ2v) is 4.76. The first kappa shape index (κ1) is 14.1. The summed E-state index contributed by atoms with van der Waals surface area (Å²) in [6.45, 7) is 2.27. The van der Waals surface area contributed by atoms with Crippen LogP contribution in [0.4, 0.5) is 0 Å². The summed E-state index contributed by atoms with van der Waals surface area (Å²) in [5.41, 5.74) is 0. The van der Waals surface area contributed by atoms with Crippen molar-refractivity contribution < 1.29 is 0 Å². The van der Waals surface area contributed by atoms with E-state index in [-0.39, 0.29) is 0 Å². The molecule has 0 aliphatic heterocycles. The Morgan fingerprint density at radius 2 is 1.41 bits per heavy atom. The van der Waals surface area contributed by atoms with Crippen molar-refractivity contribution >= 4 is 0 Å². The minimum Gasteiger partial charge on any atom is -0.177 e. The van der Waals surface area contributed by atoms with Gasteiger partial charge in [0.25, 0.3) is 0 Å². The number of aryl methyl sites for hydroxylation is 1. The number of aromatic nitrogens is 4. The van der Waals surface area contributed by atoms with Crippen molar-refractivity contribution in [3.8, 4) is 0 Å². The van der Waals surface area contributed by atoms with Crippen molar-refractivity contribution in [2.24, 2.45) is 0 Å². The van der Waals surface area contributed by atoms with Gasteiger partial charge in [-0.05, 0) is 6.42 Å². The van der Waals surface area contributed by atoms with Crippen molar-refractivity contribution in [2.75, 3.05) is 0 Å². The lowest BCUT2D eigenvalue weighted by Crippen LogP contribution is -1.89. The molecule has 0 saturated carbocycles. The summed E-state index contributed by atoms with van der Waals surface area (Å²) in [6, 6.07) is 0. The van der Waals surface area contributed by atoms with Crippen LogP contribution in [0.25, 0.3) is 0 Å². The van der Waals surface area contributed by atoms with E-state index in [2.05, 4.69) is 27.5 Å². The summed E-state index contributed by atoms with van der Waals surface area (Å²) in [7, 11) is 0. The first-order valence-corrected chi connectivity index (χ1v) is 7.16. The molecule has 4 heteroatoms. The highest BCUT2D eigenvalue weighted by Gasteiger charge is 1.97. The second kappa shape index (κ2) is 10.2. The Morgan fingerprint density at radius 3 is 1.94 bits per heavy atom. The molecule has 1 heterocycles. The van der Waals surface area contributed by atoms with Crippen LogP contribution in [-0.4, -0.2) is 20.6 Å². The molecule has 0 aliphatic carbocycles. The second-order valence-electron chi connectivity index (χ2n) is 4.76. The largest absolute Gasteiger partial charge is 0.177 e. The average molecular weight is 238 g/mol. The minimum absolute atomic E-state index is 0.851. The Balaban J connectivity index is 1.76. The smallest absolute Gasteiger partial charge is 0.174 e. The van der Waals surface area contributed by atoms with Crippen molar-refractivity contribution in [1.82, 2.24) is 20.6 Å². The zero-order valence-corrected chi connectivity index (χ0v) is 11.1. The number of nitrogens with zero attached hydrogens (tertiary/aromatic N) is 3. The number of nitrogens with one attached hydrogen (secondary N) is 1. The maximum Gasteiger partial charge on any atom is 0.174 e. The van der Waals surface area contributed by atoms with E-state index >= 15 is 0 Å². The van der Waals surface area contributed by atoms with Gasteiger partial charge in [-0.25, -0.2) is 0 Å². The van der Waals surface area contributed by atoms with E-state index in [4.69, 9.17) is 0 Å². The van der Waals surface area contributed by atoms with E-state index < -0.39 is 0 Å². The lowest BCUT2D eigenvalue weighted by molar-refractivity contribution is 0.554. The standard InChI is InChI=1S/C13H26N4/c1-2-3-4-5-6-7-8-9-10-11-12-13-14-16-17-15-13/h2-12H2,1H3,(H,14,15,16,17). The van der Waals surface area contributed by atoms with Gasteiger partial charge < -0.3 is 0 Å². The summed E-state index contributed by atoms with van der Waals surface area (Å²) < 4.78 is 0. The first-order chi connectivity index (χ1) is 8.43. The normalized spacial score (nSPS) is 10.9. The number of hydrogen-bond donors (Lipinski definition) is 1. The minimum atomic E-state index is 0.851. The van der Waals surface area contributed by atoms with Gasteiger partial charge in [0, 0.05) is 6.42 Å². The maximum absolute atomic E-state index is 3.94. The van der Waals surface area contributed by atoms with E-state index in [0.29, 0.717) is 0 Å². The van der Waals surface area contributed by atoms with Gasteiger partial charge in [0.2, 0.25) is 0 Å². The highest BCUT2D eigenvalue weighted by molar-refractivity contribution is 4.74. The van der Waals surface area contributed by atoms with E-state index in [1.165, 1.54) is 64.2 Å². The topological polar surface area (TPSA) is 54.5 Å². The molecule has 17 heavy (non-hydrogen) atoms. The van der Waals surface area contributed by atoms with Crippen LogP contribution in [-0.2, 0) is 6.42 Å². The fourth-order valence-electron chi connectivity index (χ4n) is 2.06. The third kappa shape index (κ3) is 7.88. The van der Waals surface area contributed by atoms with E-state index in [0.717, 1.165) is 12.2 Å². The molecule has 1 aromatic rings. The molecular weight excluding hydrogens is 212 g/mol. The molecule has 0 fully saturated rings. The predicted molar refractivity (Wildman–Crippen MR) is 69.7 cm³/mol. The van der Waals surface area contributed by atoms with Gasteiger partial charge in [0.05, 0.1) is 0 Å². The first-order valence-electron chi connectivity index (χ1n) is 7.16. The molecule has 0 bridgehead atoms. The molecule has 1 N–H and O–H groups in total. The highest BCUT2D eigenvalue weighted by Crippen LogP contribution is 2.11. The summed E-state index contributed by atoms with van der Waals surface area (Å²) in [6.07, 6.45) is 14.6. The molecule has 4 nitrogen and oxygen atoms in total. The van der Waals surface area contributed by atoms with Crippen LogP contribution in [0.1, 0.15) is 77.0 Å². The molecule has 1 aromatic heterocycles. The molecule has 98 valence electrons. The van der Waals surface area contributed by atoms with Crippen molar-refractivity contribution in [3.05, 3.63) is 5.82 Å². The Bertz CT molecular complexity index is 246. The fraction of sp³-hybridized carbons (Fsp3) is 0.923. The molecule has 0 radical (unpaired) electrons. The van der Waals surface area contributed by atoms with Crippen LogP contribution in [0, 0.1) is 0 Å². The average Bonchev–Trinajstić information content (AvgIpc) is 2.85. The van der Waals surface area contributed by atoms with Gasteiger partial charge in [0.1, 0.15) is 0 Å². The van der Waals surface area contributed by atoms with Crippen LogP contribution < -0.4 is 0 Å². The quantitative estimate of drug-likeness (QED) is 0.598. The molecular formula is C13H26N4. The van der Waals surface area contributed by atoms with Gasteiger partial charge in [0.15, 0.2) is 5.82 Å². The number of H-pyrrole nitrogens is 1. The van der Waals surface area contributed by atoms with Crippen LogP contribution in [0.5, 0.6) is 0 Å². The van der Waals surface area contributed by atoms with Crippen LogP contribution in [0.2, 0.25) is 0 Å². The van der Waals surface area contributed by atoms with E-state index in [9.17, 15) is 0 Å². The zero-order valence-electron chi connectivity index (χ0n) is 11.1. The van der Waals surface area contributed by atoms with Crippen molar-refractivity contribution in [2.45, 2.75) is 77.6 Å². The Kier molecular flexibility index (Phi) is 8.51. The molecule has 0 aromatic carbocycles. The van der Waals surface area contributed by atoms with Crippen LogP contribution in [0.3, 0.4) is 0 Å². The number of hydrogen-bond acceptors (Lipinski definition) is 3.